The van der Waals surface area contributed by atoms with E-state index in [1.807, 2.05) is 0 Å². The lowest BCUT2D eigenvalue weighted by atomic mass is 9.98. The van der Waals surface area contributed by atoms with E-state index in [1.54, 1.807) is 20.8 Å². The molecule has 0 heterocycles. The summed E-state index contributed by atoms with van der Waals surface area (Å²) in [5, 5.41) is 12.1. The molecule has 0 aliphatic heterocycles. The van der Waals surface area contributed by atoms with Crippen LogP contribution in [-0.4, -0.2) is 29.3 Å². The van der Waals surface area contributed by atoms with Crippen molar-refractivity contribution >= 4 is 5.91 Å². The largest absolute Gasteiger partial charge is 0.435 e. The number of rotatable bonds is 5. The van der Waals surface area contributed by atoms with Crippen molar-refractivity contribution in [3.05, 3.63) is 29.8 Å². The van der Waals surface area contributed by atoms with Gasteiger partial charge in [0.2, 0.25) is 0 Å². The molecule has 106 valence electrons. The number of nitrogens with one attached hydrogen (secondary N) is 1. The number of aliphatic hydroxyl groups is 1. The van der Waals surface area contributed by atoms with Gasteiger partial charge in [0.1, 0.15) is 5.75 Å². The molecule has 0 bridgehead atoms. The van der Waals surface area contributed by atoms with Crippen LogP contribution >= 0.6 is 0 Å². The van der Waals surface area contributed by atoms with Gasteiger partial charge in [0.25, 0.3) is 5.91 Å². The number of ether oxygens (including phenoxy) is 1. The highest BCUT2D eigenvalue weighted by molar-refractivity contribution is 5.95. The van der Waals surface area contributed by atoms with E-state index in [0.717, 1.165) is 0 Å². The Hall–Kier alpha value is -1.69. The summed E-state index contributed by atoms with van der Waals surface area (Å²) in [7, 11) is 0. The molecule has 0 aliphatic rings. The van der Waals surface area contributed by atoms with Gasteiger partial charge in [-0.3, -0.25) is 4.79 Å². The second kappa shape index (κ2) is 5.97. The third-order valence-corrected chi connectivity index (χ3v) is 2.80. The molecule has 1 unspecified atom stereocenters. The van der Waals surface area contributed by atoms with Gasteiger partial charge in [-0.2, -0.15) is 8.78 Å². The summed E-state index contributed by atoms with van der Waals surface area (Å²) in [5.41, 5.74) is -0.636. The lowest BCUT2D eigenvalue weighted by Crippen LogP contribution is -2.50. The van der Waals surface area contributed by atoms with Crippen molar-refractivity contribution in [3.63, 3.8) is 0 Å². The van der Waals surface area contributed by atoms with E-state index in [-0.39, 0.29) is 11.3 Å². The number of benzene rings is 1. The minimum absolute atomic E-state index is 0.0856. The van der Waals surface area contributed by atoms with Crippen molar-refractivity contribution in [2.75, 3.05) is 0 Å². The molecule has 0 saturated heterocycles. The van der Waals surface area contributed by atoms with Crippen LogP contribution in [0.15, 0.2) is 24.3 Å². The summed E-state index contributed by atoms with van der Waals surface area (Å²) in [6.07, 6.45) is -0.753. The van der Waals surface area contributed by atoms with Gasteiger partial charge in [-0.25, -0.2) is 0 Å². The fraction of sp³-hybridized carbons (Fsp3) is 0.462. The normalized spacial score (nSPS) is 13.2. The molecule has 0 fully saturated rings. The monoisotopic (exact) mass is 273 g/mol. The lowest BCUT2D eigenvalue weighted by molar-refractivity contribution is -0.0498. The van der Waals surface area contributed by atoms with E-state index in [2.05, 4.69) is 10.1 Å². The molecule has 1 aromatic carbocycles. The van der Waals surface area contributed by atoms with Crippen molar-refractivity contribution < 1.29 is 23.4 Å². The van der Waals surface area contributed by atoms with Crippen LogP contribution in [0.1, 0.15) is 31.1 Å². The highest BCUT2D eigenvalue weighted by atomic mass is 19.3. The van der Waals surface area contributed by atoms with Gasteiger partial charge in [-0.15, -0.1) is 0 Å². The molecular formula is C13H17F2NO3. The van der Waals surface area contributed by atoms with E-state index >= 15 is 0 Å². The molecule has 2 N–H and O–H groups in total. The maximum Gasteiger partial charge on any atom is 0.387 e. The summed E-state index contributed by atoms with van der Waals surface area (Å²) < 4.78 is 28.4. The molecule has 1 atom stereocenters. The van der Waals surface area contributed by atoms with Crippen LogP contribution in [0.3, 0.4) is 0 Å². The quantitative estimate of drug-likeness (QED) is 0.864. The van der Waals surface area contributed by atoms with E-state index in [0.29, 0.717) is 0 Å². The first kappa shape index (κ1) is 15.4. The van der Waals surface area contributed by atoms with E-state index < -0.39 is 24.2 Å². The minimum Gasteiger partial charge on any atom is -0.435 e. The number of hydrogen-bond acceptors (Lipinski definition) is 3. The van der Waals surface area contributed by atoms with Crippen molar-refractivity contribution in [1.82, 2.24) is 5.32 Å². The zero-order chi connectivity index (χ0) is 14.6. The molecule has 0 aliphatic carbocycles. The molecule has 6 heteroatoms. The number of amides is 1. The summed E-state index contributed by atoms with van der Waals surface area (Å²) in [6, 6.07) is 5.48. The van der Waals surface area contributed by atoms with Crippen molar-refractivity contribution in [1.29, 1.82) is 0 Å². The van der Waals surface area contributed by atoms with E-state index in [1.165, 1.54) is 24.3 Å². The van der Waals surface area contributed by atoms with Crippen molar-refractivity contribution in [3.8, 4) is 5.75 Å². The first-order valence-electron chi connectivity index (χ1n) is 5.78. The maximum atomic E-state index is 12.1. The standard InChI is InChI=1S/C13H17F2NO3/c1-8(17)13(2,3)16-11(18)9-5-4-6-10(7-9)19-12(14)15/h4-8,12,17H,1-3H3,(H,16,18). The molecule has 0 saturated carbocycles. The minimum atomic E-state index is -2.94. The number of carbonyl (C=O) groups excluding carboxylic acids is 1. The SMILES string of the molecule is CC(O)C(C)(C)NC(=O)c1cccc(OC(F)F)c1. The van der Waals surface area contributed by atoms with Gasteiger partial charge in [0, 0.05) is 5.56 Å². The Morgan fingerprint density at radius 3 is 2.58 bits per heavy atom. The van der Waals surface area contributed by atoms with Crippen molar-refractivity contribution in [2.24, 2.45) is 0 Å². The zero-order valence-electron chi connectivity index (χ0n) is 11.0. The predicted molar refractivity (Wildman–Crippen MR) is 66.3 cm³/mol. The molecule has 0 radical (unpaired) electrons. The third kappa shape index (κ3) is 4.48. The van der Waals surface area contributed by atoms with Gasteiger partial charge in [-0.1, -0.05) is 6.07 Å². The lowest BCUT2D eigenvalue weighted by Gasteiger charge is -2.29. The molecule has 0 aromatic heterocycles. The smallest absolute Gasteiger partial charge is 0.387 e. The highest BCUT2D eigenvalue weighted by Gasteiger charge is 2.26. The maximum absolute atomic E-state index is 12.1. The van der Waals surface area contributed by atoms with Crippen LogP contribution in [0.4, 0.5) is 8.78 Å². The van der Waals surface area contributed by atoms with Gasteiger partial charge in [-0.05, 0) is 39.0 Å². The van der Waals surface area contributed by atoms with Crippen molar-refractivity contribution in [2.45, 2.75) is 39.0 Å². The third-order valence-electron chi connectivity index (χ3n) is 2.80. The Labute approximate surface area is 110 Å². The van der Waals surface area contributed by atoms with Crippen LogP contribution < -0.4 is 10.1 Å². The second-order valence-electron chi connectivity index (χ2n) is 4.76. The first-order chi connectivity index (χ1) is 8.72. The Morgan fingerprint density at radius 2 is 2.05 bits per heavy atom. The number of aliphatic hydroxyl groups excluding tert-OH is 1. The molecule has 4 nitrogen and oxygen atoms in total. The Bertz CT molecular complexity index is 447. The molecule has 0 spiro atoms. The van der Waals surface area contributed by atoms with Crippen LogP contribution in [-0.2, 0) is 0 Å². The topological polar surface area (TPSA) is 58.6 Å². The highest BCUT2D eigenvalue weighted by Crippen LogP contribution is 2.17. The first-order valence-corrected chi connectivity index (χ1v) is 5.78. The number of hydrogen-bond donors (Lipinski definition) is 2. The van der Waals surface area contributed by atoms with Gasteiger partial charge in [0.05, 0.1) is 11.6 Å². The summed E-state index contributed by atoms with van der Waals surface area (Å²) in [4.78, 5) is 11.9. The fourth-order valence-electron chi connectivity index (χ4n) is 1.28. The van der Waals surface area contributed by atoms with Crippen LogP contribution in [0.25, 0.3) is 0 Å². The second-order valence-corrected chi connectivity index (χ2v) is 4.76. The fourth-order valence-corrected chi connectivity index (χ4v) is 1.28. The Morgan fingerprint density at radius 1 is 1.42 bits per heavy atom. The average molecular weight is 273 g/mol. The molecule has 1 amide bonds. The summed E-state index contributed by atoms with van der Waals surface area (Å²) in [6.45, 7) is 1.94. The molecular weight excluding hydrogens is 256 g/mol. The van der Waals surface area contributed by atoms with Crippen LogP contribution in [0, 0.1) is 0 Å². The molecule has 19 heavy (non-hydrogen) atoms. The van der Waals surface area contributed by atoms with Crippen LogP contribution in [0.2, 0.25) is 0 Å². The van der Waals surface area contributed by atoms with E-state index in [4.69, 9.17) is 0 Å². The zero-order valence-corrected chi connectivity index (χ0v) is 11.0. The molecule has 1 aromatic rings. The van der Waals surface area contributed by atoms with E-state index in [9.17, 15) is 18.7 Å². The Balaban J connectivity index is 2.83. The summed E-state index contributed by atoms with van der Waals surface area (Å²) >= 11 is 0. The average Bonchev–Trinajstić information content (AvgIpc) is 2.27. The number of alkyl halides is 2. The van der Waals surface area contributed by atoms with Gasteiger partial charge >= 0.3 is 6.61 Å². The van der Waals surface area contributed by atoms with Gasteiger partial charge in [0.15, 0.2) is 0 Å². The molecule has 1 rings (SSSR count). The van der Waals surface area contributed by atoms with Crippen LogP contribution in [0.5, 0.6) is 5.75 Å². The van der Waals surface area contributed by atoms with Gasteiger partial charge < -0.3 is 15.2 Å². The number of carbonyl (C=O) groups is 1. The number of halogens is 2. The predicted octanol–water partition coefficient (Wildman–Crippen LogP) is 2.18. The summed E-state index contributed by atoms with van der Waals surface area (Å²) in [5.74, 6) is -0.553. The Kier molecular flexibility index (Phi) is 4.83.